The van der Waals surface area contributed by atoms with Crippen LogP contribution in [-0.4, -0.2) is 15.6 Å². The summed E-state index contributed by atoms with van der Waals surface area (Å²) in [5.74, 6) is -1.82. The summed E-state index contributed by atoms with van der Waals surface area (Å²) in [6.07, 6.45) is 16.8. The Morgan fingerprint density at radius 2 is 1.43 bits per heavy atom. The van der Waals surface area contributed by atoms with Crippen LogP contribution in [0.25, 0.3) is 0 Å². The molecule has 0 aliphatic rings. The van der Waals surface area contributed by atoms with Gasteiger partial charge in [-0.2, -0.15) is 4.39 Å². The Hall–Kier alpha value is -1.32. The molecule has 0 radical (unpaired) electrons. The Morgan fingerprint density at radius 3 is 1.87 bits per heavy atom. The van der Waals surface area contributed by atoms with E-state index in [9.17, 15) is 9.18 Å². The Bertz CT molecular complexity index is 443. The van der Waals surface area contributed by atoms with E-state index >= 15 is 0 Å². The molecular formula is C19H32FNO2. The standard InChI is InChI=1S/C19H32FNO2/c1-2-3-4-5-6-7-8-9-10-11-12-13-15-21-16-14-17(18(21)20)19(22)23/h14,16H,2-13,15H2,1H3,(H,22,23). The fourth-order valence-electron chi connectivity index (χ4n) is 2.91. The number of hydrogen-bond acceptors (Lipinski definition) is 1. The van der Waals surface area contributed by atoms with Gasteiger partial charge < -0.3 is 9.67 Å². The molecule has 23 heavy (non-hydrogen) atoms. The molecule has 0 saturated heterocycles. The van der Waals surface area contributed by atoms with Gasteiger partial charge in [-0.15, -0.1) is 0 Å². The van der Waals surface area contributed by atoms with Crippen LogP contribution in [0.4, 0.5) is 4.39 Å². The fraction of sp³-hybridized carbons (Fsp3) is 0.737. The molecule has 0 aliphatic carbocycles. The topological polar surface area (TPSA) is 42.2 Å². The summed E-state index contributed by atoms with van der Waals surface area (Å²) >= 11 is 0. The molecule has 1 rings (SSSR count). The maximum Gasteiger partial charge on any atom is 0.340 e. The lowest BCUT2D eigenvalue weighted by Crippen LogP contribution is -2.04. The molecule has 0 bridgehead atoms. The van der Waals surface area contributed by atoms with Crippen LogP contribution in [0, 0.1) is 5.95 Å². The quantitative estimate of drug-likeness (QED) is 0.424. The summed E-state index contributed by atoms with van der Waals surface area (Å²) < 4.78 is 15.1. The molecule has 0 aromatic carbocycles. The zero-order chi connectivity index (χ0) is 16.9. The average molecular weight is 325 g/mol. The van der Waals surface area contributed by atoms with Crippen LogP contribution < -0.4 is 0 Å². The Morgan fingerprint density at radius 1 is 0.957 bits per heavy atom. The van der Waals surface area contributed by atoms with Gasteiger partial charge in [0.1, 0.15) is 5.56 Å². The first kappa shape index (κ1) is 19.7. The molecule has 0 fully saturated rings. The molecule has 0 spiro atoms. The molecule has 1 aromatic rings. The third kappa shape index (κ3) is 8.19. The first-order valence-electron chi connectivity index (χ1n) is 9.24. The van der Waals surface area contributed by atoms with Crippen molar-refractivity contribution in [1.82, 2.24) is 4.57 Å². The van der Waals surface area contributed by atoms with E-state index in [2.05, 4.69) is 6.92 Å². The number of carbonyl (C=O) groups is 1. The van der Waals surface area contributed by atoms with Crippen molar-refractivity contribution in [3.05, 3.63) is 23.8 Å². The van der Waals surface area contributed by atoms with Gasteiger partial charge in [0.15, 0.2) is 0 Å². The van der Waals surface area contributed by atoms with Gasteiger partial charge in [-0.25, -0.2) is 4.79 Å². The van der Waals surface area contributed by atoms with Gasteiger partial charge in [0.05, 0.1) is 0 Å². The number of unbranched alkanes of at least 4 members (excludes halogenated alkanes) is 11. The largest absolute Gasteiger partial charge is 0.478 e. The van der Waals surface area contributed by atoms with Gasteiger partial charge in [0.25, 0.3) is 0 Å². The molecular weight excluding hydrogens is 293 g/mol. The molecule has 132 valence electrons. The van der Waals surface area contributed by atoms with Crippen molar-refractivity contribution in [3.63, 3.8) is 0 Å². The van der Waals surface area contributed by atoms with Crippen molar-refractivity contribution >= 4 is 5.97 Å². The summed E-state index contributed by atoms with van der Waals surface area (Å²) in [7, 11) is 0. The molecule has 3 nitrogen and oxygen atoms in total. The van der Waals surface area contributed by atoms with Gasteiger partial charge >= 0.3 is 5.97 Å². The molecule has 1 aromatic heterocycles. The molecule has 0 unspecified atom stereocenters. The predicted molar refractivity (Wildman–Crippen MR) is 92.4 cm³/mol. The third-order valence-corrected chi connectivity index (χ3v) is 4.38. The summed E-state index contributed by atoms with van der Waals surface area (Å²) in [5.41, 5.74) is -0.232. The van der Waals surface area contributed by atoms with Crippen molar-refractivity contribution in [2.75, 3.05) is 0 Å². The summed E-state index contributed by atoms with van der Waals surface area (Å²) in [4.78, 5) is 10.8. The molecule has 0 saturated carbocycles. The van der Waals surface area contributed by atoms with E-state index in [1.807, 2.05) is 0 Å². The number of carboxylic acid groups (broad SMARTS) is 1. The van der Waals surface area contributed by atoms with Crippen molar-refractivity contribution in [2.45, 2.75) is 90.5 Å². The molecule has 0 atom stereocenters. The van der Waals surface area contributed by atoms with Crippen LogP contribution in [0.2, 0.25) is 0 Å². The van der Waals surface area contributed by atoms with E-state index in [1.54, 1.807) is 0 Å². The molecule has 0 aliphatic heterocycles. The minimum absolute atomic E-state index is 0.232. The van der Waals surface area contributed by atoms with Gasteiger partial charge in [0.2, 0.25) is 5.95 Å². The minimum Gasteiger partial charge on any atom is -0.478 e. The number of nitrogens with zero attached hydrogens (tertiary/aromatic N) is 1. The van der Waals surface area contributed by atoms with E-state index in [-0.39, 0.29) is 5.56 Å². The van der Waals surface area contributed by atoms with Crippen LogP contribution in [0.5, 0.6) is 0 Å². The number of hydrogen-bond donors (Lipinski definition) is 1. The monoisotopic (exact) mass is 325 g/mol. The fourth-order valence-corrected chi connectivity index (χ4v) is 2.91. The number of carboxylic acids is 1. The highest BCUT2D eigenvalue weighted by atomic mass is 19.1. The zero-order valence-corrected chi connectivity index (χ0v) is 14.5. The smallest absolute Gasteiger partial charge is 0.340 e. The van der Waals surface area contributed by atoms with Crippen LogP contribution >= 0.6 is 0 Å². The highest BCUT2D eigenvalue weighted by molar-refractivity contribution is 5.87. The SMILES string of the molecule is CCCCCCCCCCCCCCn1ccc(C(=O)O)c1F. The molecule has 1 N–H and O–H groups in total. The van der Waals surface area contributed by atoms with Crippen molar-refractivity contribution < 1.29 is 14.3 Å². The van der Waals surface area contributed by atoms with Crippen molar-refractivity contribution in [2.24, 2.45) is 0 Å². The van der Waals surface area contributed by atoms with Gasteiger partial charge in [-0.05, 0) is 12.5 Å². The normalized spacial score (nSPS) is 11.0. The lowest BCUT2D eigenvalue weighted by molar-refractivity contribution is 0.0691. The molecule has 1 heterocycles. The highest BCUT2D eigenvalue weighted by Gasteiger charge is 2.14. The second kappa shape index (κ2) is 12.1. The van der Waals surface area contributed by atoms with Gasteiger partial charge in [-0.1, -0.05) is 77.6 Å². The van der Waals surface area contributed by atoms with Gasteiger partial charge in [-0.3, -0.25) is 0 Å². The van der Waals surface area contributed by atoms with Gasteiger partial charge in [0, 0.05) is 12.7 Å². The van der Waals surface area contributed by atoms with Crippen molar-refractivity contribution in [3.8, 4) is 0 Å². The number of halogens is 1. The van der Waals surface area contributed by atoms with E-state index < -0.39 is 11.9 Å². The number of aromatic nitrogens is 1. The lowest BCUT2D eigenvalue weighted by atomic mass is 10.1. The maximum atomic E-state index is 13.7. The van der Waals surface area contributed by atoms with Crippen LogP contribution in [0.15, 0.2) is 12.3 Å². The maximum absolute atomic E-state index is 13.7. The van der Waals surface area contributed by atoms with E-state index in [0.717, 1.165) is 12.8 Å². The molecule has 4 heteroatoms. The predicted octanol–water partition coefficient (Wildman–Crippen LogP) is 6.03. The first-order valence-corrected chi connectivity index (χ1v) is 9.24. The number of aromatic carboxylic acids is 1. The van der Waals surface area contributed by atoms with Crippen LogP contribution in [0.3, 0.4) is 0 Å². The zero-order valence-electron chi connectivity index (χ0n) is 14.5. The van der Waals surface area contributed by atoms with E-state index in [4.69, 9.17) is 5.11 Å². The Balaban J connectivity index is 1.95. The summed E-state index contributed by atoms with van der Waals surface area (Å²) in [5, 5.41) is 8.80. The number of rotatable bonds is 14. The highest BCUT2D eigenvalue weighted by Crippen LogP contribution is 2.14. The van der Waals surface area contributed by atoms with E-state index in [0.29, 0.717) is 6.54 Å². The molecule has 0 amide bonds. The third-order valence-electron chi connectivity index (χ3n) is 4.38. The van der Waals surface area contributed by atoms with Crippen LogP contribution in [-0.2, 0) is 6.54 Å². The Labute approximate surface area is 139 Å². The van der Waals surface area contributed by atoms with Crippen molar-refractivity contribution in [1.29, 1.82) is 0 Å². The Kier molecular flexibility index (Phi) is 10.4. The second-order valence-corrected chi connectivity index (χ2v) is 6.41. The average Bonchev–Trinajstić information content (AvgIpc) is 2.89. The first-order chi connectivity index (χ1) is 11.2. The lowest BCUT2D eigenvalue weighted by Gasteiger charge is -2.05. The van der Waals surface area contributed by atoms with E-state index in [1.165, 1.54) is 81.0 Å². The summed E-state index contributed by atoms with van der Waals surface area (Å²) in [6.45, 7) is 2.81. The minimum atomic E-state index is -1.20. The summed E-state index contributed by atoms with van der Waals surface area (Å²) in [6, 6.07) is 1.33. The van der Waals surface area contributed by atoms with Crippen LogP contribution in [0.1, 0.15) is 94.3 Å². The number of aryl methyl sites for hydroxylation is 1. The second-order valence-electron chi connectivity index (χ2n) is 6.41.